The summed E-state index contributed by atoms with van der Waals surface area (Å²) in [7, 11) is 6.36. The molecule has 3 heteroatoms. The minimum atomic E-state index is 1.24. The van der Waals surface area contributed by atoms with E-state index in [-0.39, 0.29) is 0 Å². The van der Waals surface area contributed by atoms with E-state index in [1.807, 2.05) is 6.07 Å². The van der Waals surface area contributed by atoms with Crippen LogP contribution < -0.4 is 13.7 Å². The van der Waals surface area contributed by atoms with E-state index >= 15 is 0 Å². The zero-order valence-corrected chi connectivity index (χ0v) is 39.3. The molecule has 0 fully saturated rings. The molecule has 3 nitrogen and oxygen atoms in total. The standard InChI is InChI=1S/C21H22N.2C20H20N/c1-15-10-11-19(16(2)12-15)21-13-17(3)20(14-22(21)4)18-8-6-5-7-9-18;1-15-9-7-8-12-18(15)20-13-16(2)19(14-21(20)3)17-10-5-4-6-11-17;1-15-9-11-19(16(2)13-15)20-12-10-18(14-21(20)3)17-7-5-4-6-8-17/h5-14H,1-4H3;2*4-14H,1-3H3/q3*+1. The second-order valence-corrected chi connectivity index (χ2v) is 17.2. The molecule has 9 rings (SSSR count). The third kappa shape index (κ3) is 10.5. The summed E-state index contributed by atoms with van der Waals surface area (Å²) < 4.78 is 6.66. The summed E-state index contributed by atoms with van der Waals surface area (Å²) in [5, 5.41) is 0. The van der Waals surface area contributed by atoms with E-state index in [1.165, 1.54) is 106 Å². The Morgan fingerprint density at radius 3 is 1.06 bits per heavy atom. The molecule has 0 atom stereocenters. The maximum atomic E-state index is 2.29. The summed E-state index contributed by atoms with van der Waals surface area (Å²) in [4.78, 5) is 0. The minimum Gasteiger partial charge on any atom is -0.200 e. The highest BCUT2D eigenvalue weighted by atomic mass is 14.9. The van der Waals surface area contributed by atoms with Gasteiger partial charge in [0.1, 0.15) is 21.1 Å². The average Bonchev–Trinajstić information content (AvgIpc) is 3.30. The van der Waals surface area contributed by atoms with E-state index in [2.05, 4.69) is 272 Å². The lowest BCUT2D eigenvalue weighted by Gasteiger charge is -2.10. The molecule has 0 bridgehead atoms. The van der Waals surface area contributed by atoms with Crippen molar-refractivity contribution in [1.82, 2.24) is 0 Å². The second kappa shape index (κ2) is 20.3. The van der Waals surface area contributed by atoms with Crippen molar-refractivity contribution in [3.8, 4) is 67.2 Å². The third-order valence-corrected chi connectivity index (χ3v) is 12.1. The number of aromatic nitrogens is 3. The van der Waals surface area contributed by atoms with Gasteiger partial charge in [0.2, 0.25) is 17.1 Å². The smallest absolute Gasteiger partial charge is 0.200 e. The van der Waals surface area contributed by atoms with Crippen molar-refractivity contribution in [1.29, 1.82) is 0 Å². The van der Waals surface area contributed by atoms with Crippen LogP contribution in [0.2, 0.25) is 0 Å². The SMILES string of the molecule is Cc1cc(-c2ccccc2C)[n+](C)cc1-c1ccccc1.Cc1ccc(-c2cc(C)c(-c3ccccc3)c[n+]2C)c(C)c1.Cc1ccc(-c2ccc(-c3ccccc3)c[n+]2C)c(C)c1. The molecule has 0 radical (unpaired) electrons. The molecule has 0 N–H and O–H groups in total. The van der Waals surface area contributed by atoms with Gasteiger partial charge in [0.05, 0.1) is 0 Å². The van der Waals surface area contributed by atoms with Gasteiger partial charge in [0, 0.05) is 51.6 Å². The maximum absolute atomic E-state index is 2.29. The molecule has 0 unspecified atom stereocenters. The largest absolute Gasteiger partial charge is 0.212 e. The number of rotatable bonds is 6. The molecule has 6 aromatic carbocycles. The number of pyridine rings is 3. The van der Waals surface area contributed by atoms with Crippen LogP contribution in [0.5, 0.6) is 0 Å². The Kier molecular flexibility index (Phi) is 14.2. The van der Waals surface area contributed by atoms with Crippen LogP contribution in [0.3, 0.4) is 0 Å². The predicted molar refractivity (Wildman–Crippen MR) is 269 cm³/mol. The van der Waals surface area contributed by atoms with Crippen molar-refractivity contribution in [3.63, 3.8) is 0 Å². The van der Waals surface area contributed by atoms with Crippen LogP contribution in [0, 0.1) is 48.5 Å². The first-order chi connectivity index (χ1) is 30.9. The van der Waals surface area contributed by atoms with Crippen LogP contribution in [-0.2, 0) is 21.1 Å². The zero-order chi connectivity index (χ0) is 45.3. The molecular formula is C61H62N3+3. The number of aryl methyl sites for hydroxylation is 10. The van der Waals surface area contributed by atoms with Crippen LogP contribution in [0.4, 0.5) is 0 Å². The summed E-state index contributed by atoms with van der Waals surface area (Å²) in [5.74, 6) is 0. The van der Waals surface area contributed by atoms with E-state index in [9.17, 15) is 0 Å². The van der Waals surface area contributed by atoms with Crippen molar-refractivity contribution >= 4 is 0 Å². The van der Waals surface area contributed by atoms with Crippen LogP contribution in [0.15, 0.2) is 195 Å². The lowest BCUT2D eigenvalue weighted by atomic mass is 9.97. The number of hydrogen-bond acceptors (Lipinski definition) is 0. The summed E-state index contributed by atoms with van der Waals surface area (Å²) in [6.45, 7) is 15.2. The molecule has 318 valence electrons. The molecule has 0 aliphatic rings. The molecule has 9 aromatic rings. The van der Waals surface area contributed by atoms with Crippen molar-refractivity contribution in [2.45, 2.75) is 48.5 Å². The zero-order valence-electron chi connectivity index (χ0n) is 39.3. The number of benzene rings is 6. The average molecular weight is 837 g/mol. The summed E-state index contributed by atoms with van der Waals surface area (Å²) in [5.41, 5.74) is 24.4. The van der Waals surface area contributed by atoms with Gasteiger partial charge in [-0.2, -0.15) is 0 Å². The van der Waals surface area contributed by atoms with Crippen molar-refractivity contribution < 1.29 is 13.7 Å². The van der Waals surface area contributed by atoms with Gasteiger partial charge in [-0.25, -0.2) is 13.7 Å². The monoisotopic (exact) mass is 836 g/mol. The molecule has 3 heterocycles. The molecule has 0 saturated heterocycles. The quantitative estimate of drug-likeness (QED) is 0.148. The molecule has 0 amide bonds. The van der Waals surface area contributed by atoms with Gasteiger partial charge in [0.25, 0.3) is 0 Å². The Labute approximate surface area is 382 Å². The first-order valence-corrected chi connectivity index (χ1v) is 22.3. The van der Waals surface area contributed by atoms with Gasteiger partial charge in [-0.1, -0.05) is 145 Å². The Balaban J connectivity index is 0.000000144. The van der Waals surface area contributed by atoms with Crippen molar-refractivity contribution in [2.75, 3.05) is 0 Å². The van der Waals surface area contributed by atoms with Gasteiger partial charge in [-0.15, -0.1) is 0 Å². The Morgan fingerprint density at radius 1 is 0.250 bits per heavy atom. The van der Waals surface area contributed by atoms with Gasteiger partial charge in [-0.3, -0.25) is 0 Å². The van der Waals surface area contributed by atoms with E-state index in [0.29, 0.717) is 0 Å². The van der Waals surface area contributed by atoms with Gasteiger partial charge < -0.3 is 0 Å². The van der Waals surface area contributed by atoms with Crippen molar-refractivity contribution in [3.05, 3.63) is 233 Å². The fourth-order valence-corrected chi connectivity index (χ4v) is 8.63. The lowest BCUT2D eigenvalue weighted by molar-refractivity contribution is -0.660. The molecule has 0 saturated carbocycles. The first-order valence-electron chi connectivity index (χ1n) is 22.3. The van der Waals surface area contributed by atoms with Crippen LogP contribution in [-0.4, -0.2) is 0 Å². The molecule has 64 heavy (non-hydrogen) atoms. The molecule has 0 aliphatic heterocycles. The fourth-order valence-electron chi connectivity index (χ4n) is 8.63. The van der Waals surface area contributed by atoms with E-state index < -0.39 is 0 Å². The normalized spacial score (nSPS) is 10.7. The number of nitrogens with zero attached hydrogens (tertiary/aromatic N) is 3. The van der Waals surface area contributed by atoms with Gasteiger partial charge in [0.15, 0.2) is 18.6 Å². The van der Waals surface area contributed by atoms with Gasteiger partial charge in [-0.05, 0) is 117 Å². The van der Waals surface area contributed by atoms with E-state index in [4.69, 9.17) is 0 Å². The van der Waals surface area contributed by atoms with E-state index in [1.54, 1.807) is 0 Å². The fraction of sp³-hybridized carbons (Fsp3) is 0.164. The summed E-state index contributed by atoms with van der Waals surface area (Å²) in [6, 6.07) is 62.4. The Bertz CT molecular complexity index is 3020. The van der Waals surface area contributed by atoms with E-state index in [0.717, 1.165) is 0 Å². The molecular weight excluding hydrogens is 775 g/mol. The Hall–Kier alpha value is -7.23. The lowest BCUT2D eigenvalue weighted by Crippen LogP contribution is -2.31. The summed E-state index contributed by atoms with van der Waals surface area (Å²) >= 11 is 0. The highest BCUT2D eigenvalue weighted by Gasteiger charge is 2.18. The van der Waals surface area contributed by atoms with Crippen LogP contribution in [0.1, 0.15) is 38.9 Å². The van der Waals surface area contributed by atoms with Crippen LogP contribution >= 0.6 is 0 Å². The maximum Gasteiger partial charge on any atom is 0.212 e. The Morgan fingerprint density at radius 2 is 0.625 bits per heavy atom. The minimum absolute atomic E-state index is 1.24. The van der Waals surface area contributed by atoms with Crippen molar-refractivity contribution in [2.24, 2.45) is 21.1 Å². The summed E-state index contributed by atoms with van der Waals surface area (Å²) in [6.07, 6.45) is 6.66. The topological polar surface area (TPSA) is 11.6 Å². The second-order valence-electron chi connectivity index (χ2n) is 17.2. The predicted octanol–water partition coefficient (Wildman–Crippen LogP) is 13.7. The van der Waals surface area contributed by atoms with Crippen LogP contribution in [0.25, 0.3) is 67.2 Å². The molecule has 3 aromatic heterocycles. The first kappa shape index (κ1) is 44.8. The highest BCUT2D eigenvalue weighted by Crippen LogP contribution is 2.29. The number of hydrogen-bond donors (Lipinski definition) is 0. The molecule has 0 aliphatic carbocycles. The van der Waals surface area contributed by atoms with Gasteiger partial charge >= 0.3 is 0 Å². The third-order valence-electron chi connectivity index (χ3n) is 12.1. The highest BCUT2D eigenvalue weighted by molar-refractivity contribution is 5.71. The molecule has 0 spiro atoms.